The zero-order chi connectivity index (χ0) is 14.1. The summed E-state index contributed by atoms with van der Waals surface area (Å²) in [6, 6.07) is 0. The second-order valence-electron chi connectivity index (χ2n) is 5.72. The van der Waals surface area contributed by atoms with Gasteiger partial charge in [0.2, 0.25) is 0 Å². The Balaban J connectivity index is 3.12. The van der Waals surface area contributed by atoms with E-state index in [4.69, 9.17) is 4.53 Å². The Labute approximate surface area is 139 Å². The summed E-state index contributed by atoms with van der Waals surface area (Å²) in [7, 11) is -1.82. The van der Waals surface area contributed by atoms with E-state index in [2.05, 4.69) is 99.1 Å². The molecule has 0 bridgehead atoms. The number of hydrogen-bond acceptors (Lipinski definition) is 1. The van der Waals surface area contributed by atoms with Crippen LogP contribution in [-0.2, 0) is 0 Å². The maximum Gasteiger partial charge on any atom is 0.292 e. The van der Waals surface area contributed by atoms with Crippen molar-refractivity contribution in [3.8, 4) is 0 Å². The van der Waals surface area contributed by atoms with Crippen molar-refractivity contribution in [2.75, 3.05) is 0 Å². The lowest BCUT2D eigenvalue weighted by molar-refractivity contribution is 0.241. The van der Waals surface area contributed by atoms with Gasteiger partial charge in [-0.1, -0.05) is 41.5 Å². The van der Waals surface area contributed by atoms with Crippen LogP contribution in [-0.4, -0.2) is 13.0 Å². The summed E-state index contributed by atoms with van der Waals surface area (Å²) >= 11 is 4.71. The molecular formula is C13H23I2NOSi. The highest BCUT2D eigenvalue weighted by atomic mass is 127. The molecule has 0 aliphatic heterocycles. The number of halogens is 2. The first kappa shape index (κ1) is 16.8. The molecule has 0 atom stereocenters. The summed E-state index contributed by atoms with van der Waals surface area (Å²) in [5, 5.41) is 0. The molecule has 1 heterocycles. The molecule has 0 saturated heterocycles. The van der Waals surface area contributed by atoms with E-state index in [0.717, 1.165) is 0 Å². The largest absolute Gasteiger partial charge is 0.469 e. The zero-order valence-corrected chi connectivity index (χ0v) is 17.3. The van der Waals surface area contributed by atoms with E-state index in [0.29, 0.717) is 16.6 Å². The summed E-state index contributed by atoms with van der Waals surface area (Å²) in [4.78, 5) is 0. The Hall–Kier alpha value is 0.757. The van der Waals surface area contributed by atoms with E-state index in [1.54, 1.807) is 0 Å². The molecule has 0 amide bonds. The van der Waals surface area contributed by atoms with Crippen molar-refractivity contribution in [1.29, 1.82) is 0 Å². The predicted molar refractivity (Wildman–Crippen MR) is 97.5 cm³/mol. The van der Waals surface area contributed by atoms with Crippen LogP contribution in [0.1, 0.15) is 41.5 Å². The molecule has 1 aromatic heterocycles. The molecule has 0 saturated carbocycles. The Morgan fingerprint density at radius 1 is 0.889 bits per heavy atom. The van der Waals surface area contributed by atoms with E-state index >= 15 is 0 Å². The van der Waals surface area contributed by atoms with Crippen molar-refractivity contribution >= 4 is 53.5 Å². The molecular weight excluding hydrogens is 468 g/mol. The van der Waals surface area contributed by atoms with Gasteiger partial charge in [0.05, 0.1) is 12.4 Å². The van der Waals surface area contributed by atoms with Crippen LogP contribution in [0.15, 0.2) is 12.4 Å². The molecule has 0 aliphatic rings. The predicted octanol–water partition coefficient (Wildman–Crippen LogP) is 5.30. The van der Waals surface area contributed by atoms with Crippen molar-refractivity contribution < 1.29 is 4.53 Å². The van der Waals surface area contributed by atoms with Gasteiger partial charge in [0.1, 0.15) is 0 Å². The Kier molecular flexibility index (Phi) is 6.04. The SMILES string of the molecule is CC(C)[Si](On1cc(I)c(I)c1)(C(C)C)C(C)C. The van der Waals surface area contributed by atoms with Crippen LogP contribution in [0.25, 0.3) is 0 Å². The van der Waals surface area contributed by atoms with Gasteiger partial charge in [0.25, 0.3) is 8.32 Å². The summed E-state index contributed by atoms with van der Waals surface area (Å²) in [5.41, 5.74) is 1.82. The summed E-state index contributed by atoms with van der Waals surface area (Å²) < 4.78 is 11.0. The maximum absolute atomic E-state index is 6.53. The monoisotopic (exact) mass is 491 g/mol. The third kappa shape index (κ3) is 3.25. The van der Waals surface area contributed by atoms with Gasteiger partial charge in [-0.05, 0) is 61.8 Å². The van der Waals surface area contributed by atoms with Gasteiger partial charge < -0.3 is 4.53 Å². The summed E-state index contributed by atoms with van der Waals surface area (Å²) in [6.45, 7) is 13.9. The van der Waals surface area contributed by atoms with E-state index in [9.17, 15) is 0 Å². The van der Waals surface area contributed by atoms with Gasteiger partial charge in [0.15, 0.2) is 0 Å². The van der Waals surface area contributed by atoms with Crippen molar-refractivity contribution in [1.82, 2.24) is 4.73 Å². The van der Waals surface area contributed by atoms with E-state index in [-0.39, 0.29) is 0 Å². The third-order valence-corrected chi connectivity index (χ3v) is 12.4. The van der Waals surface area contributed by atoms with Gasteiger partial charge in [-0.2, -0.15) is 0 Å². The maximum atomic E-state index is 6.53. The molecule has 0 spiro atoms. The first-order chi connectivity index (χ1) is 8.21. The molecule has 0 unspecified atom stereocenters. The number of hydrogen-bond donors (Lipinski definition) is 0. The second-order valence-corrected chi connectivity index (χ2v) is 13.4. The minimum absolute atomic E-state index is 0.607. The van der Waals surface area contributed by atoms with Crippen LogP contribution < -0.4 is 4.53 Å². The third-order valence-electron chi connectivity index (χ3n) is 3.68. The van der Waals surface area contributed by atoms with Crippen LogP contribution in [0.5, 0.6) is 0 Å². The molecule has 18 heavy (non-hydrogen) atoms. The average Bonchev–Trinajstić information content (AvgIpc) is 2.53. The first-order valence-electron chi connectivity index (χ1n) is 6.44. The lowest BCUT2D eigenvalue weighted by Crippen LogP contribution is -2.53. The molecule has 0 N–H and O–H groups in total. The van der Waals surface area contributed by atoms with Gasteiger partial charge in [-0.25, -0.2) is 4.73 Å². The smallest absolute Gasteiger partial charge is 0.292 e. The van der Waals surface area contributed by atoms with Crippen molar-refractivity contribution in [2.45, 2.75) is 58.2 Å². The number of nitrogens with zero attached hydrogens (tertiary/aromatic N) is 1. The van der Waals surface area contributed by atoms with Crippen LogP contribution >= 0.6 is 45.2 Å². The quantitative estimate of drug-likeness (QED) is 0.403. The highest BCUT2D eigenvalue weighted by Gasteiger charge is 2.48. The Bertz CT molecular complexity index is 360. The van der Waals surface area contributed by atoms with Gasteiger partial charge in [-0.3, -0.25) is 0 Å². The summed E-state index contributed by atoms with van der Waals surface area (Å²) in [6.07, 6.45) is 4.19. The normalized spacial score (nSPS) is 12.8. The molecule has 0 aliphatic carbocycles. The average molecular weight is 491 g/mol. The van der Waals surface area contributed by atoms with Crippen molar-refractivity contribution in [2.24, 2.45) is 0 Å². The Morgan fingerprint density at radius 2 is 1.22 bits per heavy atom. The topological polar surface area (TPSA) is 14.2 Å². The standard InChI is InChI=1S/C13H23I2NOSi/c1-9(2)18(10(3)4,11(5)6)17-16-7-12(14)13(15)8-16/h7-11H,1-6H3. The highest BCUT2D eigenvalue weighted by Crippen LogP contribution is 2.40. The van der Waals surface area contributed by atoms with E-state index in [1.165, 1.54) is 7.14 Å². The molecule has 1 rings (SSSR count). The second kappa shape index (κ2) is 6.47. The first-order valence-corrected chi connectivity index (χ1v) is 10.7. The van der Waals surface area contributed by atoms with Gasteiger partial charge in [0, 0.05) is 7.14 Å². The lowest BCUT2D eigenvalue weighted by Gasteiger charge is -2.41. The summed E-state index contributed by atoms with van der Waals surface area (Å²) in [5.74, 6) is 0. The molecule has 0 radical (unpaired) electrons. The fourth-order valence-corrected chi connectivity index (χ4v) is 8.87. The minimum Gasteiger partial charge on any atom is -0.469 e. The molecule has 104 valence electrons. The number of rotatable bonds is 5. The zero-order valence-electron chi connectivity index (χ0n) is 12.0. The molecule has 2 nitrogen and oxygen atoms in total. The van der Waals surface area contributed by atoms with Gasteiger partial charge in [-0.15, -0.1) is 0 Å². The molecule has 5 heteroatoms. The lowest BCUT2D eigenvalue weighted by atomic mass is 10.5. The number of aromatic nitrogens is 1. The van der Waals surface area contributed by atoms with Gasteiger partial charge >= 0.3 is 0 Å². The molecule has 0 fully saturated rings. The van der Waals surface area contributed by atoms with Crippen molar-refractivity contribution in [3.63, 3.8) is 0 Å². The van der Waals surface area contributed by atoms with Crippen molar-refractivity contribution in [3.05, 3.63) is 19.5 Å². The van der Waals surface area contributed by atoms with E-state index in [1.807, 2.05) is 4.73 Å². The fourth-order valence-electron chi connectivity index (χ4n) is 2.94. The minimum atomic E-state index is -1.82. The highest BCUT2D eigenvalue weighted by molar-refractivity contribution is 14.1. The molecule has 1 aromatic rings. The fraction of sp³-hybridized carbons (Fsp3) is 0.692. The van der Waals surface area contributed by atoms with E-state index < -0.39 is 8.32 Å². The van der Waals surface area contributed by atoms with Crippen LogP contribution in [0.4, 0.5) is 0 Å². The van der Waals surface area contributed by atoms with Crippen LogP contribution in [0.3, 0.4) is 0 Å². The molecule has 0 aromatic carbocycles. The van der Waals surface area contributed by atoms with Crippen LogP contribution in [0.2, 0.25) is 16.6 Å². The van der Waals surface area contributed by atoms with Crippen LogP contribution in [0, 0.1) is 7.14 Å². The Morgan fingerprint density at radius 3 is 1.50 bits per heavy atom.